The number of aliphatic carboxylic acids is 1. The smallest absolute Gasteiger partial charge is 0.303 e. The number of hydrogen-bond acceptors (Lipinski definition) is 7. The monoisotopic (exact) mass is 615 g/mol. The number of alkyl halides is 1. The minimum Gasteiger partial charge on any atom is -0.497 e. The topological polar surface area (TPSA) is 84.4 Å². The normalized spacial score (nSPS) is 18.3. The Bertz CT molecular complexity index is 1410. The molecule has 1 aromatic heterocycles. The molecule has 0 bridgehead atoms. The number of morpholine rings is 1. The van der Waals surface area contributed by atoms with Gasteiger partial charge in [-0.3, -0.25) is 19.6 Å². The predicted octanol–water partition coefficient (Wildman–Crippen LogP) is 5.78. The third kappa shape index (κ3) is 8.19. The Balaban J connectivity index is 1.27. The summed E-state index contributed by atoms with van der Waals surface area (Å²) in [6.07, 6.45) is 2.24. The van der Waals surface area contributed by atoms with E-state index in [0.717, 1.165) is 36.9 Å². The fraction of sp³-hybridized carbons (Fsp3) is 0.515. The number of halogens is 3. The second-order valence-corrected chi connectivity index (χ2v) is 11.8. The maximum absolute atomic E-state index is 16.5. The van der Waals surface area contributed by atoms with Crippen molar-refractivity contribution in [2.75, 3.05) is 59.7 Å². The highest BCUT2D eigenvalue weighted by atomic mass is 19.1. The number of fused-ring (bicyclic) bond motifs is 1. The number of benzene rings is 2. The molecule has 2 aromatic carbocycles. The molecule has 3 heterocycles. The number of carbonyl (C=O) groups is 1. The average molecular weight is 616 g/mol. The number of aromatic nitrogens is 1. The maximum atomic E-state index is 16.5. The molecule has 5 rings (SSSR count). The highest BCUT2D eigenvalue weighted by Gasteiger charge is 2.37. The van der Waals surface area contributed by atoms with Crippen molar-refractivity contribution >= 4 is 16.9 Å². The summed E-state index contributed by atoms with van der Waals surface area (Å²) >= 11 is 0. The highest BCUT2D eigenvalue weighted by molar-refractivity contribution is 5.85. The third-order valence-corrected chi connectivity index (χ3v) is 8.89. The lowest BCUT2D eigenvalue weighted by atomic mass is 9.71. The van der Waals surface area contributed by atoms with Crippen LogP contribution in [0.25, 0.3) is 10.9 Å². The van der Waals surface area contributed by atoms with Gasteiger partial charge < -0.3 is 19.3 Å². The Morgan fingerprint density at radius 2 is 1.77 bits per heavy atom. The molecule has 8 nitrogen and oxygen atoms in total. The van der Waals surface area contributed by atoms with Gasteiger partial charge in [0.05, 0.1) is 32.3 Å². The van der Waals surface area contributed by atoms with Gasteiger partial charge in [0.1, 0.15) is 35.9 Å². The molecule has 2 aliphatic rings. The van der Waals surface area contributed by atoms with Crippen LogP contribution in [-0.2, 0) is 16.1 Å². The van der Waals surface area contributed by atoms with E-state index in [-0.39, 0.29) is 25.2 Å². The summed E-state index contributed by atoms with van der Waals surface area (Å²) in [7, 11) is 1.58. The van der Waals surface area contributed by atoms with E-state index in [9.17, 15) is 18.7 Å². The molecule has 11 heteroatoms. The summed E-state index contributed by atoms with van der Waals surface area (Å²) in [4.78, 5) is 20.9. The third-order valence-electron chi connectivity index (χ3n) is 8.89. The molecule has 2 fully saturated rings. The van der Waals surface area contributed by atoms with E-state index in [1.54, 1.807) is 13.3 Å². The molecular weight excluding hydrogens is 575 g/mol. The number of hydrogen-bond donors (Lipinski definition) is 1. The van der Waals surface area contributed by atoms with E-state index in [2.05, 4.69) is 14.8 Å². The predicted molar refractivity (Wildman–Crippen MR) is 160 cm³/mol. The number of rotatable bonds is 13. The zero-order valence-electron chi connectivity index (χ0n) is 25.1. The Kier molecular flexibility index (Phi) is 10.6. The Hall–Kier alpha value is -3.41. The summed E-state index contributed by atoms with van der Waals surface area (Å²) in [5, 5.41) is 10.5. The van der Waals surface area contributed by atoms with Crippen molar-refractivity contribution in [2.24, 2.45) is 5.41 Å². The lowest BCUT2D eigenvalue weighted by Crippen LogP contribution is -2.42. The minimum atomic E-state index is -1.31. The highest BCUT2D eigenvalue weighted by Crippen LogP contribution is 2.43. The van der Waals surface area contributed by atoms with Crippen molar-refractivity contribution in [1.82, 2.24) is 14.8 Å². The van der Waals surface area contributed by atoms with Gasteiger partial charge in [0.15, 0.2) is 0 Å². The van der Waals surface area contributed by atoms with Crippen LogP contribution in [0.15, 0.2) is 42.6 Å². The van der Waals surface area contributed by atoms with Crippen LogP contribution in [0.2, 0.25) is 0 Å². The SMILES string of the molecule is COc1ccc2ncc(CN3CCOCC3)c(C(F)CCC3(CC(=O)O)CCN(CCOc4cc(F)cc(F)c4)CC3)c2c1. The Morgan fingerprint density at radius 1 is 1.05 bits per heavy atom. The summed E-state index contributed by atoms with van der Waals surface area (Å²) in [5.74, 6) is -1.54. The van der Waals surface area contributed by atoms with E-state index >= 15 is 4.39 Å². The zero-order valence-corrected chi connectivity index (χ0v) is 25.1. The van der Waals surface area contributed by atoms with E-state index in [4.69, 9.17) is 14.2 Å². The Morgan fingerprint density at radius 3 is 2.45 bits per heavy atom. The number of methoxy groups -OCH3 is 1. The van der Waals surface area contributed by atoms with E-state index in [1.807, 2.05) is 18.2 Å². The first-order chi connectivity index (χ1) is 21.2. The average Bonchev–Trinajstić information content (AvgIpc) is 3.00. The quantitative estimate of drug-likeness (QED) is 0.259. The van der Waals surface area contributed by atoms with Crippen molar-refractivity contribution in [2.45, 2.75) is 44.8 Å². The lowest BCUT2D eigenvalue weighted by molar-refractivity contribution is -0.141. The van der Waals surface area contributed by atoms with Gasteiger partial charge in [0.2, 0.25) is 0 Å². The summed E-state index contributed by atoms with van der Waals surface area (Å²) in [6, 6.07) is 8.54. The summed E-state index contributed by atoms with van der Waals surface area (Å²) < 4.78 is 59.9. The van der Waals surface area contributed by atoms with Gasteiger partial charge in [0, 0.05) is 61.5 Å². The first-order valence-electron chi connectivity index (χ1n) is 15.2. The summed E-state index contributed by atoms with van der Waals surface area (Å²) in [5.41, 5.74) is 1.56. The molecule has 1 atom stereocenters. The van der Waals surface area contributed by atoms with Gasteiger partial charge in [0.25, 0.3) is 0 Å². The lowest BCUT2D eigenvalue weighted by Gasteiger charge is -2.41. The van der Waals surface area contributed by atoms with Crippen LogP contribution in [0.5, 0.6) is 11.5 Å². The number of ether oxygens (including phenoxy) is 3. The van der Waals surface area contributed by atoms with Gasteiger partial charge in [-0.25, -0.2) is 13.2 Å². The molecule has 1 unspecified atom stereocenters. The van der Waals surface area contributed by atoms with Crippen molar-refractivity contribution < 1.29 is 37.3 Å². The van der Waals surface area contributed by atoms with Crippen LogP contribution in [0, 0.1) is 17.0 Å². The number of pyridine rings is 1. The van der Waals surface area contributed by atoms with E-state index < -0.39 is 29.2 Å². The van der Waals surface area contributed by atoms with Crippen LogP contribution in [-0.4, -0.2) is 85.5 Å². The summed E-state index contributed by atoms with van der Waals surface area (Å²) in [6.45, 7) is 5.36. The number of carboxylic acid groups (broad SMARTS) is 1. The molecule has 44 heavy (non-hydrogen) atoms. The number of likely N-dealkylation sites (tertiary alicyclic amines) is 1. The minimum absolute atomic E-state index is 0.0296. The van der Waals surface area contributed by atoms with E-state index in [0.29, 0.717) is 80.9 Å². The molecule has 1 N–H and O–H groups in total. The number of carboxylic acids is 1. The first-order valence-corrected chi connectivity index (χ1v) is 15.2. The standard InChI is InChI=1S/C33H40F3N3O5/c1-42-26-2-3-30-28(19-26)32(23(21-37-30)22-39-10-13-43-14-11-39)29(36)4-5-33(20-31(40)41)6-8-38(9-7-33)12-15-44-27-17-24(34)16-25(35)18-27/h2-3,16-19,21,29H,4-15,20,22H2,1H3,(H,40,41). The molecular formula is C33H40F3N3O5. The maximum Gasteiger partial charge on any atom is 0.303 e. The first kappa shape index (κ1) is 32.0. The van der Waals surface area contributed by atoms with Gasteiger partial charge in [-0.15, -0.1) is 0 Å². The molecule has 2 aliphatic heterocycles. The van der Waals surface area contributed by atoms with Gasteiger partial charge in [-0.05, 0) is 68.0 Å². The molecule has 0 radical (unpaired) electrons. The molecule has 3 aromatic rings. The van der Waals surface area contributed by atoms with Crippen LogP contribution in [0.1, 0.15) is 49.4 Å². The van der Waals surface area contributed by atoms with Crippen molar-refractivity contribution in [3.05, 3.63) is 65.4 Å². The van der Waals surface area contributed by atoms with Crippen LogP contribution < -0.4 is 9.47 Å². The van der Waals surface area contributed by atoms with Crippen LogP contribution >= 0.6 is 0 Å². The van der Waals surface area contributed by atoms with Crippen molar-refractivity contribution in [3.8, 4) is 11.5 Å². The Labute approximate surface area is 255 Å². The van der Waals surface area contributed by atoms with Gasteiger partial charge in [-0.1, -0.05) is 0 Å². The molecule has 0 spiro atoms. The van der Waals surface area contributed by atoms with Crippen LogP contribution in [0.3, 0.4) is 0 Å². The van der Waals surface area contributed by atoms with Crippen molar-refractivity contribution in [1.29, 1.82) is 0 Å². The van der Waals surface area contributed by atoms with Gasteiger partial charge in [-0.2, -0.15) is 0 Å². The van der Waals surface area contributed by atoms with Crippen LogP contribution in [0.4, 0.5) is 13.2 Å². The fourth-order valence-electron chi connectivity index (χ4n) is 6.43. The van der Waals surface area contributed by atoms with Gasteiger partial charge >= 0.3 is 5.97 Å². The fourth-order valence-corrected chi connectivity index (χ4v) is 6.43. The molecule has 0 aliphatic carbocycles. The zero-order chi connectivity index (χ0) is 31.1. The number of piperidine rings is 1. The molecule has 0 saturated carbocycles. The molecule has 2 saturated heterocycles. The van der Waals surface area contributed by atoms with Crippen molar-refractivity contribution in [3.63, 3.8) is 0 Å². The molecule has 0 amide bonds. The second-order valence-electron chi connectivity index (χ2n) is 11.8. The van der Waals surface area contributed by atoms with E-state index in [1.165, 1.54) is 0 Å². The largest absolute Gasteiger partial charge is 0.497 e. The number of nitrogens with zero attached hydrogens (tertiary/aromatic N) is 3. The molecule has 238 valence electrons. The second kappa shape index (κ2) is 14.6.